The third kappa shape index (κ3) is 3.06. The Labute approximate surface area is 123 Å². The number of benzene rings is 1. The van der Waals surface area contributed by atoms with Gasteiger partial charge in [0.05, 0.1) is 11.1 Å². The summed E-state index contributed by atoms with van der Waals surface area (Å²) in [5, 5.41) is 10.9. The van der Waals surface area contributed by atoms with Crippen LogP contribution in [0.3, 0.4) is 0 Å². The van der Waals surface area contributed by atoms with Crippen molar-refractivity contribution < 1.29 is 13.3 Å². The molecular formula is C10H8ClN3O4S2. The number of hydrogen-bond donors (Lipinski definition) is 1. The Morgan fingerprint density at radius 3 is 2.70 bits per heavy atom. The van der Waals surface area contributed by atoms with Gasteiger partial charge >= 0.3 is 0 Å². The molecule has 0 spiro atoms. The first-order valence-electron chi connectivity index (χ1n) is 5.19. The summed E-state index contributed by atoms with van der Waals surface area (Å²) in [6.45, 7) is 1.67. The quantitative estimate of drug-likeness (QED) is 0.684. The fourth-order valence-corrected chi connectivity index (χ4v) is 3.80. The average Bonchev–Trinajstić information content (AvgIpc) is 2.78. The van der Waals surface area contributed by atoms with Crippen LogP contribution in [0.5, 0.6) is 0 Å². The monoisotopic (exact) mass is 333 g/mol. The predicted octanol–water partition coefficient (Wildman–Crippen LogP) is 2.81. The maximum Gasteiger partial charge on any atom is 0.293 e. The van der Waals surface area contributed by atoms with Gasteiger partial charge in [0, 0.05) is 6.07 Å². The van der Waals surface area contributed by atoms with E-state index >= 15 is 0 Å². The predicted molar refractivity (Wildman–Crippen MR) is 75.8 cm³/mol. The van der Waals surface area contributed by atoms with E-state index in [0.717, 1.165) is 17.5 Å². The molecule has 0 saturated heterocycles. The van der Waals surface area contributed by atoms with E-state index in [2.05, 4.69) is 9.71 Å². The van der Waals surface area contributed by atoms with Crippen LogP contribution in [-0.4, -0.2) is 18.3 Å². The summed E-state index contributed by atoms with van der Waals surface area (Å²) in [5.41, 5.74) is 0.231. The van der Waals surface area contributed by atoms with Crippen molar-refractivity contribution in [1.82, 2.24) is 4.98 Å². The number of aryl methyl sites for hydroxylation is 1. The number of halogens is 1. The second-order valence-electron chi connectivity index (χ2n) is 3.82. The van der Waals surface area contributed by atoms with Gasteiger partial charge in [0.1, 0.15) is 5.69 Å². The van der Waals surface area contributed by atoms with Gasteiger partial charge < -0.3 is 0 Å². The van der Waals surface area contributed by atoms with Crippen LogP contribution < -0.4 is 4.72 Å². The SMILES string of the molecule is Cc1ccc(NS(=O)(=O)c2cnc(Cl)s2)c([N+](=O)[O-])c1. The molecule has 106 valence electrons. The molecule has 0 bridgehead atoms. The van der Waals surface area contributed by atoms with Gasteiger partial charge in [-0.1, -0.05) is 29.0 Å². The van der Waals surface area contributed by atoms with E-state index in [1.54, 1.807) is 13.0 Å². The first-order valence-corrected chi connectivity index (χ1v) is 7.86. The molecular weight excluding hydrogens is 326 g/mol. The highest BCUT2D eigenvalue weighted by Crippen LogP contribution is 2.29. The van der Waals surface area contributed by atoms with Crippen LogP contribution in [0.15, 0.2) is 28.6 Å². The Balaban J connectivity index is 2.42. The average molecular weight is 334 g/mol. The van der Waals surface area contributed by atoms with Crippen molar-refractivity contribution in [1.29, 1.82) is 0 Å². The molecule has 1 heterocycles. The first-order chi connectivity index (χ1) is 9.29. The highest BCUT2D eigenvalue weighted by atomic mass is 35.5. The summed E-state index contributed by atoms with van der Waals surface area (Å²) in [6, 6.07) is 4.20. The second kappa shape index (κ2) is 5.35. The molecule has 0 amide bonds. The van der Waals surface area contributed by atoms with Gasteiger partial charge in [-0.15, -0.1) is 0 Å². The van der Waals surface area contributed by atoms with E-state index < -0.39 is 14.9 Å². The van der Waals surface area contributed by atoms with Crippen molar-refractivity contribution in [2.75, 3.05) is 4.72 Å². The van der Waals surface area contributed by atoms with Gasteiger partial charge in [-0.05, 0) is 18.6 Å². The molecule has 7 nitrogen and oxygen atoms in total. The smallest absolute Gasteiger partial charge is 0.272 e. The molecule has 1 N–H and O–H groups in total. The third-order valence-corrected chi connectivity index (χ3v) is 5.26. The normalized spacial score (nSPS) is 11.3. The number of nitro benzene ring substituents is 1. The molecule has 0 fully saturated rings. The molecule has 2 aromatic rings. The maximum absolute atomic E-state index is 12.1. The van der Waals surface area contributed by atoms with Crippen molar-refractivity contribution in [3.63, 3.8) is 0 Å². The van der Waals surface area contributed by atoms with E-state index in [1.807, 2.05) is 0 Å². The molecule has 1 aromatic carbocycles. The molecule has 0 radical (unpaired) electrons. The lowest BCUT2D eigenvalue weighted by molar-refractivity contribution is -0.383. The Bertz CT molecular complexity index is 773. The zero-order valence-corrected chi connectivity index (χ0v) is 12.4. The van der Waals surface area contributed by atoms with Crippen LogP contribution in [0.1, 0.15) is 5.56 Å². The number of nitrogens with one attached hydrogen (secondary N) is 1. The molecule has 0 saturated carbocycles. The molecule has 0 atom stereocenters. The van der Waals surface area contributed by atoms with Gasteiger partial charge in [0.15, 0.2) is 8.68 Å². The topological polar surface area (TPSA) is 102 Å². The van der Waals surface area contributed by atoms with Crippen LogP contribution >= 0.6 is 22.9 Å². The van der Waals surface area contributed by atoms with Crippen molar-refractivity contribution >= 4 is 44.3 Å². The van der Waals surface area contributed by atoms with Crippen LogP contribution in [0, 0.1) is 17.0 Å². The minimum Gasteiger partial charge on any atom is -0.272 e. The van der Waals surface area contributed by atoms with E-state index in [1.165, 1.54) is 12.1 Å². The first kappa shape index (κ1) is 14.7. The number of thiazole rings is 1. The van der Waals surface area contributed by atoms with Gasteiger partial charge in [0.2, 0.25) is 0 Å². The molecule has 0 aliphatic rings. The molecule has 0 aliphatic carbocycles. The van der Waals surface area contributed by atoms with Crippen molar-refractivity contribution in [2.24, 2.45) is 0 Å². The molecule has 20 heavy (non-hydrogen) atoms. The summed E-state index contributed by atoms with van der Waals surface area (Å²) < 4.78 is 26.2. The Morgan fingerprint density at radius 2 is 2.15 bits per heavy atom. The number of anilines is 1. The molecule has 10 heteroatoms. The van der Waals surface area contributed by atoms with Crippen molar-refractivity contribution in [2.45, 2.75) is 11.1 Å². The minimum atomic E-state index is -3.94. The van der Waals surface area contributed by atoms with E-state index in [-0.39, 0.29) is 20.1 Å². The van der Waals surface area contributed by atoms with Crippen LogP contribution in [0.25, 0.3) is 0 Å². The number of nitrogens with zero attached hydrogens (tertiary/aromatic N) is 2. The summed E-state index contributed by atoms with van der Waals surface area (Å²) >= 11 is 6.34. The Kier molecular flexibility index (Phi) is 3.93. The lowest BCUT2D eigenvalue weighted by Gasteiger charge is -2.07. The third-order valence-electron chi connectivity index (χ3n) is 2.32. The highest BCUT2D eigenvalue weighted by molar-refractivity contribution is 7.94. The standard InChI is InChI=1S/C10H8ClN3O4S2/c1-6-2-3-7(8(4-6)14(15)16)13-20(17,18)9-5-12-10(11)19-9/h2-5,13H,1H3. The maximum atomic E-state index is 12.1. The highest BCUT2D eigenvalue weighted by Gasteiger charge is 2.22. The number of aromatic nitrogens is 1. The summed E-state index contributed by atoms with van der Waals surface area (Å²) in [7, 11) is -3.94. The van der Waals surface area contributed by atoms with Gasteiger partial charge in [-0.25, -0.2) is 13.4 Å². The van der Waals surface area contributed by atoms with Crippen LogP contribution in [-0.2, 0) is 10.0 Å². The van der Waals surface area contributed by atoms with Crippen molar-refractivity contribution in [3.05, 3.63) is 44.5 Å². The lowest BCUT2D eigenvalue weighted by atomic mass is 10.2. The van der Waals surface area contributed by atoms with E-state index in [4.69, 9.17) is 11.6 Å². The fourth-order valence-electron chi connectivity index (χ4n) is 1.44. The summed E-state index contributed by atoms with van der Waals surface area (Å²) in [6.07, 6.45) is 1.09. The van der Waals surface area contributed by atoms with Gasteiger partial charge in [-0.2, -0.15) is 0 Å². The fraction of sp³-hybridized carbons (Fsp3) is 0.100. The van der Waals surface area contributed by atoms with Gasteiger partial charge in [-0.3, -0.25) is 14.8 Å². The molecule has 0 unspecified atom stereocenters. The number of nitro groups is 1. The Hall–Kier alpha value is -1.71. The Morgan fingerprint density at radius 1 is 1.45 bits per heavy atom. The summed E-state index contributed by atoms with van der Waals surface area (Å²) in [5.74, 6) is 0. The van der Waals surface area contributed by atoms with Gasteiger partial charge in [0.25, 0.3) is 15.7 Å². The molecule has 2 rings (SSSR count). The lowest BCUT2D eigenvalue weighted by Crippen LogP contribution is -2.12. The minimum absolute atomic E-state index is 0.0729. The van der Waals surface area contributed by atoms with Crippen LogP contribution in [0.2, 0.25) is 4.47 Å². The summed E-state index contributed by atoms with van der Waals surface area (Å²) in [4.78, 5) is 13.9. The number of sulfonamides is 1. The molecule has 0 aliphatic heterocycles. The van der Waals surface area contributed by atoms with E-state index in [0.29, 0.717) is 5.56 Å². The largest absolute Gasteiger partial charge is 0.293 e. The zero-order chi connectivity index (χ0) is 14.9. The van der Waals surface area contributed by atoms with Crippen LogP contribution in [0.4, 0.5) is 11.4 Å². The zero-order valence-electron chi connectivity index (χ0n) is 10.0. The van der Waals surface area contributed by atoms with Crippen molar-refractivity contribution in [3.8, 4) is 0 Å². The second-order valence-corrected chi connectivity index (χ2v) is 7.34. The number of hydrogen-bond acceptors (Lipinski definition) is 6. The molecule has 1 aromatic heterocycles. The number of rotatable bonds is 4. The van der Waals surface area contributed by atoms with E-state index in [9.17, 15) is 18.5 Å².